The lowest BCUT2D eigenvalue weighted by Crippen LogP contribution is -2.47. The summed E-state index contributed by atoms with van der Waals surface area (Å²) in [6.07, 6.45) is 6.07. The number of aromatic amines is 1. The molecule has 0 spiro atoms. The van der Waals surface area contributed by atoms with E-state index in [2.05, 4.69) is 47.2 Å². The minimum Gasteiger partial charge on any atom is -0.363 e. The quantitative estimate of drug-likeness (QED) is 0.792. The van der Waals surface area contributed by atoms with Gasteiger partial charge in [0.05, 0.1) is 12.1 Å². The van der Waals surface area contributed by atoms with Crippen LogP contribution in [0.25, 0.3) is 10.9 Å². The third kappa shape index (κ3) is 3.93. The molecule has 0 aliphatic heterocycles. The first kappa shape index (κ1) is 18.9. The van der Waals surface area contributed by atoms with Gasteiger partial charge in [0.1, 0.15) is 0 Å². The first-order chi connectivity index (χ1) is 12.5. The molecule has 0 atom stereocenters. The predicted molar refractivity (Wildman–Crippen MR) is 113 cm³/mol. The first-order valence-corrected chi connectivity index (χ1v) is 10.1. The summed E-state index contributed by atoms with van der Waals surface area (Å²) in [5, 5.41) is 5.17. The minimum atomic E-state index is -0.00805. The Hall–Kier alpha value is -1.88. The Kier molecular flexibility index (Phi) is 5.97. The van der Waals surface area contributed by atoms with Crippen LogP contribution >= 0.6 is 12.2 Å². The molecule has 5 heteroatoms. The van der Waals surface area contributed by atoms with Gasteiger partial charge in [-0.3, -0.25) is 4.79 Å². The lowest BCUT2D eigenvalue weighted by Gasteiger charge is -2.36. The molecular formula is C21H29N3OS. The molecule has 0 saturated heterocycles. The fraction of sp³-hybridized carbons (Fsp3) is 0.524. The van der Waals surface area contributed by atoms with Crippen molar-refractivity contribution in [3.8, 4) is 0 Å². The zero-order valence-electron chi connectivity index (χ0n) is 16.0. The Bertz CT molecular complexity index is 852. The highest BCUT2D eigenvalue weighted by molar-refractivity contribution is 7.80. The van der Waals surface area contributed by atoms with Crippen LogP contribution in [0, 0.1) is 13.8 Å². The number of thiocarbonyl (C=S) groups is 1. The molecule has 26 heavy (non-hydrogen) atoms. The van der Waals surface area contributed by atoms with Crippen molar-refractivity contribution in [1.29, 1.82) is 0 Å². The molecule has 4 nitrogen and oxygen atoms in total. The maximum absolute atomic E-state index is 12.7. The van der Waals surface area contributed by atoms with Crippen molar-refractivity contribution >= 4 is 28.2 Å². The van der Waals surface area contributed by atoms with Gasteiger partial charge in [0, 0.05) is 23.5 Å². The Labute approximate surface area is 161 Å². The zero-order valence-corrected chi connectivity index (χ0v) is 16.8. The molecule has 1 aromatic carbocycles. The molecule has 1 aliphatic carbocycles. The highest BCUT2D eigenvalue weighted by Crippen LogP contribution is 2.25. The van der Waals surface area contributed by atoms with Crippen molar-refractivity contribution in [1.82, 2.24) is 15.2 Å². The molecule has 1 saturated carbocycles. The molecule has 1 heterocycles. The van der Waals surface area contributed by atoms with E-state index >= 15 is 0 Å². The maximum Gasteiger partial charge on any atom is 0.253 e. The lowest BCUT2D eigenvalue weighted by molar-refractivity contribution is 0.235. The van der Waals surface area contributed by atoms with Crippen molar-refractivity contribution in [3.05, 3.63) is 45.2 Å². The van der Waals surface area contributed by atoms with Crippen molar-refractivity contribution in [2.45, 2.75) is 65.5 Å². The van der Waals surface area contributed by atoms with E-state index in [0.29, 0.717) is 12.6 Å². The van der Waals surface area contributed by atoms with Gasteiger partial charge in [-0.15, -0.1) is 0 Å². The first-order valence-electron chi connectivity index (χ1n) is 9.68. The van der Waals surface area contributed by atoms with Crippen LogP contribution in [0.15, 0.2) is 23.0 Å². The average Bonchev–Trinajstić information content (AvgIpc) is 2.64. The van der Waals surface area contributed by atoms with Crippen molar-refractivity contribution in [3.63, 3.8) is 0 Å². The second-order valence-electron chi connectivity index (χ2n) is 7.37. The van der Waals surface area contributed by atoms with Crippen LogP contribution in [0.5, 0.6) is 0 Å². The Balaban J connectivity index is 1.97. The van der Waals surface area contributed by atoms with Crippen LogP contribution in [-0.4, -0.2) is 27.6 Å². The normalized spacial score (nSPS) is 15.2. The van der Waals surface area contributed by atoms with E-state index in [4.69, 9.17) is 12.2 Å². The number of benzene rings is 1. The number of pyridine rings is 1. The zero-order chi connectivity index (χ0) is 18.7. The molecule has 140 valence electrons. The minimum absolute atomic E-state index is 0.00805. The molecule has 1 fully saturated rings. The van der Waals surface area contributed by atoms with Crippen LogP contribution in [0.4, 0.5) is 0 Å². The van der Waals surface area contributed by atoms with Gasteiger partial charge >= 0.3 is 0 Å². The predicted octanol–water partition coefficient (Wildman–Crippen LogP) is 4.17. The third-order valence-electron chi connectivity index (χ3n) is 5.47. The molecule has 0 radical (unpaired) electrons. The van der Waals surface area contributed by atoms with Gasteiger partial charge in [-0.2, -0.15) is 0 Å². The van der Waals surface area contributed by atoms with Crippen LogP contribution in [0.3, 0.4) is 0 Å². The van der Waals surface area contributed by atoms with Crippen LogP contribution in [0.1, 0.15) is 55.7 Å². The number of hydrogen-bond acceptors (Lipinski definition) is 2. The number of aromatic nitrogens is 1. The Morgan fingerprint density at radius 1 is 1.23 bits per heavy atom. The molecule has 0 amide bonds. The standard InChI is InChI=1S/C21H29N3OS/c1-4-22-21(26)24(17-8-6-5-7-9-17)13-16-12-18-14(2)10-11-15(3)19(18)23-20(16)25/h10-12,17H,4-9,13H2,1-3H3,(H,22,26)(H,23,25). The molecule has 0 bridgehead atoms. The highest BCUT2D eigenvalue weighted by atomic mass is 32.1. The van der Waals surface area contributed by atoms with Crippen molar-refractivity contribution < 1.29 is 0 Å². The Morgan fingerprint density at radius 2 is 1.92 bits per heavy atom. The lowest BCUT2D eigenvalue weighted by atomic mass is 9.94. The molecule has 1 aliphatic rings. The molecular weight excluding hydrogens is 342 g/mol. The van der Waals surface area contributed by atoms with E-state index in [1.54, 1.807) is 0 Å². The number of nitrogens with one attached hydrogen (secondary N) is 2. The highest BCUT2D eigenvalue weighted by Gasteiger charge is 2.24. The van der Waals surface area contributed by atoms with Crippen molar-refractivity contribution in [2.24, 2.45) is 0 Å². The molecule has 2 aromatic rings. The van der Waals surface area contributed by atoms with E-state index in [0.717, 1.165) is 46.5 Å². The average molecular weight is 372 g/mol. The van der Waals surface area contributed by atoms with E-state index < -0.39 is 0 Å². The van der Waals surface area contributed by atoms with E-state index in [-0.39, 0.29) is 5.56 Å². The monoisotopic (exact) mass is 371 g/mol. The van der Waals surface area contributed by atoms with Gasteiger partial charge in [-0.1, -0.05) is 31.4 Å². The smallest absolute Gasteiger partial charge is 0.253 e. The van der Waals surface area contributed by atoms with E-state index in [9.17, 15) is 4.79 Å². The number of nitrogens with zero attached hydrogens (tertiary/aromatic N) is 1. The summed E-state index contributed by atoms with van der Waals surface area (Å²) in [4.78, 5) is 18.1. The van der Waals surface area contributed by atoms with Gasteiger partial charge in [-0.25, -0.2) is 0 Å². The summed E-state index contributed by atoms with van der Waals surface area (Å²) in [6, 6.07) is 6.65. The summed E-state index contributed by atoms with van der Waals surface area (Å²) >= 11 is 5.64. The van der Waals surface area contributed by atoms with Crippen molar-refractivity contribution in [2.75, 3.05) is 6.54 Å². The van der Waals surface area contributed by atoms with E-state index in [1.165, 1.54) is 24.8 Å². The second kappa shape index (κ2) is 8.21. The fourth-order valence-corrected chi connectivity index (χ4v) is 4.29. The van der Waals surface area contributed by atoms with Crippen LogP contribution in [0.2, 0.25) is 0 Å². The molecule has 3 rings (SSSR count). The Morgan fingerprint density at radius 3 is 2.62 bits per heavy atom. The summed E-state index contributed by atoms with van der Waals surface area (Å²) in [7, 11) is 0. The fourth-order valence-electron chi connectivity index (χ4n) is 3.93. The van der Waals surface area contributed by atoms with E-state index in [1.807, 2.05) is 6.92 Å². The van der Waals surface area contributed by atoms with Gasteiger partial charge in [0.15, 0.2) is 5.11 Å². The molecule has 1 aromatic heterocycles. The number of rotatable bonds is 4. The van der Waals surface area contributed by atoms with Gasteiger partial charge in [-0.05, 0) is 63.0 Å². The largest absolute Gasteiger partial charge is 0.363 e. The summed E-state index contributed by atoms with van der Waals surface area (Å²) in [5.41, 5.74) is 4.00. The maximum atomic E-state index is 12.7. The molecule has 2 N–H and O–H groups in total. The number of aryl methyl sites for hydroxylation is 2. The topological polar surface area (TPSA) is 48.1 Å². The SMILES string of the molecule is CCNC(=S)N(Cc1cc2c(C)ccc(C)c2[nH]c1=O)C1CCCCC1. The van der Waals surface area contributed by atoms with Gasteiger partial charge < -0.3 is 15.2 Å². The third-order valence-corrected chi connectivity index (χ3v) is 5.84. The van der Waals surface area contributed by atoms with Crippen LogP contribution < -0.4 is 10.9 Å². The number of H-pyrrole nitrogens is 1. The summed E-state index contributed by atoms with van der Waals surface area (Å²) < 4.78 is 0. The number of hydrogen-bond donors (Lipinski definition) is 2. The summed E-state index contributed by atoms with van der Waals surface area (Å²) in [6.45, 7) is 7.54. The summed E-state index contributed by atoms with van der Waals surface area (Å²) in [5.74, 6) is 0. The molecule has 0 unspecified atom stereocenters. The second-order valence-corrected chi connectivity index (χ2v) is 7.75. The van der Waals surface area contributed by atoms with Gasteiger partial charge in [0.2, 0.25) is 0 Å². The van der Waals surface area contributed by atoms with Crippen LogP contribution in [-0.2, 0) is 6.54 Å². The number of fused-ring (bicyclic) bond motifs is 1. The van der Waals surface area contributed by atoms with Gasteiger partial charge in [0.25, 0.3) is 5.56 Å².